The van der Waals surface area contributed by atoms with Gasteiger partial charge in [0.2, 0.25) is 15.9 Å². The van der Waals surface area contributed by atoms with Crippen molar-refractivity contribution >= 4 is 27.3 Å². The third-order valence-corrected chi connectivity index (χ3v) is 6.88. The lowest BCUT2D eigenvalue weighted by Crippen LogP contribution is -2.36. The first-order valence-electron chi connectivity index (χ1n) is 10.3. The summed E-state index contributed by atoms with van der Waals surface area (Å²) in [6, 6.07) is 17.2. The standard InChI is InChI=1S/C23H23N5O3S2/c24-33(30,31)20-8-6-19(7-9-20)22-15-26-27-28(22)21(14-17-4-2-1-3-5-17)23(29)25-12-10-18-11-13-32-16-18/h1-9,11,13,15-16,21H,10,12,14H2,(H,25,29)(H2,24,30,31)/t21-/m0/s1. The van der Waals surface area contributed by atoms with Crippen LogP contribution in [0.4, 0.5) is 0 Å². The Morgan fingerprint density at radius 3 is 2.48 bits per heavy atom. The fourth-order valence-electron chi connectivity index (χ4n) is 3.51. The van der Waals surface area contributed by atoms with Crippen LogP contribution in [0.2, 0.25) is 0 Å². The number of sulfonamides is 1. The van der Waals surface area contributed by atoms with Gasteiger partial charge in [-0.25, -0.2) is 18.2 Å². The SMILES string of the molecule is NS(=O)(=O)c1ccc(-c2cnnn2[C@@H](Cc2ccccc2)C(=O)NCCc2ccsc2)cc1. The van der Waals surface area contributed by atoms with E-state index < -0.39 is 16.1 Å². The van der Waals surface area contributed by atoms with E-state index in [0.717, 1.165) is 12.0 Å². The Morgan fingerprint density at radius 2 is 1.82 bits per heavy atom. The molecule has 0 saturated carbocycles. The van der Waals surface area contributed by atoms with Gasteiger partial charge in [0.25, 0.3) is 0 Å². The molecule has 2 aromatic heterocycles. The maximum Gasteiger partial charge on any atom is 0.245 e. The number of benzene rings is 2. The molecule has 2 heterocycles. The second kappa shape index (κ2) is 10.1. The van der Waals surface area contributed by atoms with Crippen LogP contribution in [0.1, 0.15) is 17.2 Å². The molecular formula is C23H23N5O3S2. The first-order chi connectivity index (χ1) is 15.9. The van der Waals surface area contributed by atoms with Gasteiger partial charge in [-0.1, -0.05) is 47.7 Å². The fraction of sp³-hybridized carbons (Fsp3) is 0.174. The molecule has 4 rings (SSSR count). The minimum atomic E-state index is -3.80. The molecule has 0 aliphatic rings. The molecule has 33 heavy (non-hydrogen) atoms. The molecule has 0 unspecified atom stereocenters. The molecule has 0 aliphatic carbocycles. The number of hydrogen-bond donors (Lipinski definition) is 2. The Morgan fingerprint density at radius 1 is 1.06 bits per heavy atom. The highest BCUT2D eigenvalue weighted by Gasteiger charge is 2.25. The van der Waals surface area contributed by atoms with Crippen molar-refractivity contribution in [3.05, 3.63) is 88.7 Å². The van der Waals surface area contributed by atoms with Crippen molar-refractivity contribution in [1.82, 2.24) is 20.3 Å². The van der Waals surface area contributed by atoms with E-state index in [0.29, 0.717) is 24.2 Å². The molecule has 2 aromatic carbocycles. The molecule has 1 amide bonds. The van der Waals surface area contributed by atoms with Crippen LogP contribution in [-0.4, -0.2) is 35.9 Å². The van der Waals surface area contributed by atoms with Crippen LogP contribution in [0.3, 0.4) is 0 Å². The minimum Gasteiger partial charge on any atom is -0.354 e. The van der Waals surface area contributed by atoms with Crippen LogP contribution in [0.25, 0.3) is 11.3 Å². The van der Waals surface area contributed by atoms with E-state index >= 15 is 0 Å². The molecule has 0 spiro atoms. The van der Waals surface area contributed by atoms with Crippen molar-refractivity contribution < 1.29 is 13.2 Å². The average Bonchev–Trinajstić information content (AvgIpc) is 3.50. The van der Waals surface area contributed by atoms with Gasteiger partial charge in [0.15, 0.2) is 0 Å². The highest BCUT2D eigenvalue weighted by molar-refractivity contribution is 7.89. The molecule has 0 aliphatic heterocycles. The normalized spacial score (nSPS) is 12.4. The van der Waals surface area contributed by atoms with Gasteiger partial charge in [-0.3, -0.25) is 4.79 Å². The maximum atomic E-state index is 13.3. The van der Waals surface area contributed by atoms with Gasteiger partial charge < -0.3 is 5.32 Å². The Kier molecular flexibility index (Phi) is 6.97. The Labute approximate surface area is 196 Å². The number of amides is 1. The third-order valence-electron chi connectivity index (χ3n) is 5.22. The summed E-state index contributed by atoms with van der Waals surface area (Å²) < 4.78 is 24.7. The number of carbonyl (C=O) groups is 1. The quantitative estimate of drug-likeness (QED) is 0.381. The second-order valence-electron chi connectivity index (χ2n) is 7.51. The van der Waals surface area contributed by atoms with Crippen molar-refractivity contribution in [2.24, 2.45) is 5.14 Å². The average molecular weight is 482 g/mol. The Bertz CT molecular complexity index is 1300. The molecule has 0 bridgehead atoms. The molecule has 0 fully saturated rings. The summed E-state index contributed by atoms with van der Waals surface area (Å²) in [5, 5.41) is 20.5. The summed E-state index contributed by atoms with van der Waals surface area (Å²) in [6.45, 7) is 0.508. The van der Waals surface area contributed by atoms with E-state index in [4.69, 9.17) is 5.14 Å². The molecule has 170 valence electrons. The van der Waals surface area contributed by atoms with E-state index in [-0.39, 0.29) is 10.8 Å². The lowest BCUT2D eigenvalue weighted by atomic mass is 10.0. The number of nitrogens with two attached hydrogens (primary N) is 1. The van der Waals surface area contributed by atoms with Crippen LogP contribution in [0.15, 0.2) is 82.5 Å². The molecule has 0 saturated heterocycles. The van der Waals surface area contributed by atoms with Gasteiger partial charge in [0.1, 0.15) is 6.04 Å². The van der Waals surface area contributed by atoms with E-state index in [1.54, 1.807) is 34.3 Å². The van der Waals surface area contributed by atoms with Gasteiger partial charge in [-0.15, -0.1) is 5.10 Å². The summed E-state index contributed by atoms with van der Waals surface area (Å²) in [5.41, 5.74) is 3.44. The molecule has 1 atom stereocenters. The summed E-state index contributed by atoms with van der Waals surface area (Å²) in [6.07, 6.45) is 2.73. The van der Waals surface area contributed by atoms with Gasteiger partial charge in [-0.2, -0.15) is 11.3 Å². The Balaban J connectivity index is 1.60. The molecule has 3 N–H and O–H groups in total. The maximum absolute atomic E-state index is 13.3. The van der Waals surface area contributed by atoms with E-state index in [9.17, 15) is 13.2 Å². The minimum absolute atomic E-state index is 0.0114. The largest absolute Gasteiger partial charge is 0.354 e. The smallest absolute Gasteiger partial charge is 0.245 e. The molecule has 0 radical (unpaired) electrons. The Hall–Kier alpha value is -3.34. The van der Waals surface area contributed by atoms with E-state index in [2.05, 4.69) is 21.0 Å². The molecule has 10 heteroatoms. The predicted molar refractivity (Wildman–Crippen MR) is 127 cm³/mol. The number of thiophene rings is 1. The lowest BCUT2D eigenvalue weighted by Gasteiger charge is -2.19. The van der Waals surface area contributed by atoms with Gasteiger partial charge in [0.05, 0.1) is 16.8 Å². The van der Waals surface area contributed by atoms with Crippen LogP contribution in [0, 0.1) is 0 Å². The van der Waals surface area contributed by atoms with Crippen molar-refractivity contribution in [1.29, 1.82) is 0 Å². The first-order valence-corrected chi connectivity index (χ1v) is 12.8. The second-order valence-corrected chi connectivity index (χ2v) is 9.85. The summed E-state index contributed by atoms with van der Waals surface area (Å²) in [5.74, 6) is -0.165. The van der Waals surface area contributed by atoms with Gasteiger partial charge in [0, 0.05) is 18.5 Å². The number of rotatable bonds is 9. The number of nitrogens with zero attached hydrogens (tertiary/aromatic N) is 3. The summed E-state index contributed by atoms with van der Waals surface area (Å²) in [7, 11) is -3.80. The van der Waals surface area contributed by atoms with Crippen molar-refractivity contribution in [3.63, 3.8) is 0 Å². The topological polar surface area (TPSA) is 120 Å². The van der Waals surface area contributed by atoms with Crippen LogP contribution in [0.5, 0.6) is 0 Å². The summed E-state index contributed by atoms with van der Waals surface area (Å²) in [4.78, 5) is 13.3. The van der Waals surface area contributed by atoms with E-state index in [1.165, 1.54) is 17.7 Å². The lowest BCUT2D eigenvalue weighted by molar-refractivity contribution is -0.124. The zero-order valence-corrected chi connectivity index (χ0v) is 19.3. The zero-order chi connectivity index (χ0) is 23.3. The summed E-state index contributed by atoms with van der Waals surface area (Å²) >= 11 is 1.63. The fourth-order valence-corrected chi connectivity index (χ4v) is 4.72. The highest BCUT2D eigenvalue weighted by atomic mass is 32.2. The van der Waals surface area contributed by atoms with Gasteiger partial charge in [-0.05, 0) is 46.5 Å². The van der Waals surface area contributed by atoms with E-state index in [1.807, 2.05) is 41.8 Å². The molecule has 8 nitrogen and oxygen atoms in total. The van der Waals surface area contributed by atoms with Gasteiger partial charge >= 0.3 is 0 Å². The van der Waals surface area contributed by atoms with Crippen LogP contribution < -0.4 is 10.5 Å². The van der Waals surface area contributed by atoms with Crippen LogP contribution >= 0.6 is 11.3 Å². The first kappa shape index (κ1) is 22.8. The van der Waals surface area contributed by atoms with Crippen LogP contribution in [-0.2, 0) is 27.7 Å². The number of carbonyl (C=O) groups excluding carboxylic acids is 1. The van der Waals surface area contributed by atoms with Crippen molar-refractivity contribution in [2.45, 2.75) is 23.8 Å². The van der Waals surface area contributed by atoms with Crippen molar-refractivity contribution in [2.75, 3.05) is 6.54 Å². The number of nitrogens with one attached hydrogen (secondary N) is 1. The number of primary sulfonamides is 1. The molecular weight excluding hydrogens is 458 g/mol. The highest BCUT2D eigenvalue weighted by Crippen LogP contribution is 2.25. The third kappa shape index (κ3) is 5.72. The van der Waals surface area contributed by atoms with Crippen molar-refractivity contribution in [3.8, 4) is 11.3 Å². The predicted octanol–water partition coefficient (Wildman–Crippen LogP) is 2.80. The number of aromatic nitrogens is 3. The zero-order valence-electron chi connectivity index (χ0n) is 17.7. The monoisotopic (exact) mass is 481 g/mol. The molecule has 4 aromatic rings. The number of hydrogen-bond acceptors (Lipinski definition) is 6.